The van der Waals surface area contributed by atoms with E-state index in [-0.39, 0.29) is 4.47 Å². The summed E-state index contributed by atoms with van der Waals surface area (Å²) in [5.41, 5.74) is -0.976. The van der Waals surface area contributed by atoms with E-state index in [1.807, 2.05) is 0 Å². The summed E-state index contributed by atoms with van der Waals surface area (Å²) in [6.45, 7) is -0.558. The van der Waals surface area contributed by atoms with E-state index in [2.05, 4.69) is 20.9 Å². The number of alkyl halides is 3. The summed E-state index contributed by atoms with van der Waals surface area (Å²) in [7, 11) is 1.24. The first kappa shape index (κ1) is 13.8. The monoisotopic (exact) mass is 312 g/mol. The number of halogens is 4. The van der Waals surface area contributed by atoms with Crippen molar-refractivity contribution in [3.05, 3.63) is 22.3 Å². The first-order valence-electron chi connectivity index (χ1n) is 4.37. The molecule has 17 heavy (non-hydrogen) atoms. The number of rotatable bonds is 3. The first-order chi connectivity index (χ1) is 7.71. The van der Waals surface area contributed by atoms with Crippen molar-refractivity contribution in [1.82, 2.24) is 4.98 Å². The molecule has 0 spiro atoms. The van der Waals surface area contributed by atoms with Crippen LogP contribution in [0.1, 0.15) is 5.56 Å². The molecule has 0 saturated carbocycles. The number of nitrogens with zero attached hydrogens (tertiary/aromatic N) is 2. The standard InChI is InChI=1S/C9H8BrF3N2O2/c1-15(4-7(16)17)8-6(9(11,12)13)2-5(10)3-14-8/h2-3H,4H2,1H3,(H,16,17). The second-order valence-electron chi connectivity index (χ2n) is 3.27. The number of hydrogen-bond donors (Lipinski definition) is 1. The van der Waals surface area contributed by atoms with Crippen LogP contribution in [0, 0.1) is 0 Å². The predicted octanol–water partition coefficient (Wildman–Crippen LogP) is 2.38. The van der Waals surface area contributed by atoms with Crippen LogP contribution < -0.4 is 4.90 Å². The average molecular weight is 313 g/mol. The molecule has 0 aromatic carbocycles. The quantitative estimate of drug-likeness (QED) is 0.931. The van der Waals surface area contributed by atoms with Crippen molar-refractivity contribution in [2.45, 2.75) is 6.18 Å². The lowest BCUT2D eigenvalue weighted by Gasteiger charge is -2.20. The minimum Gasteiger partial charge on any atom is -0.480 e. The average Bonchev–Trinajstić information content (AvgIpc) is 2.14. The van der Waals surface area contributed by atoms with E-state index < -0.39 is 30.1 Å². The normalized spacial score (nSPS) is 11.4. The highest BCUT2D eigenvalue weighted by Gasteiger charge is 2.35. The Morgan fingerprint density at radius 3 is 2.65 bits per heavy atom. The predicted molar refractivity (Wildman–Crippen MR) is 57.8 cm³/mol. The van der Waals surface area contributed by atoms with Gasteiger partial charge in [0.05, 0.1) is 5.56 Å². The fourth-order valence-electron chi connectivity index (χ4n) is 1.22. The highest BCUT2D eigenvalue weighted by Crippen LogP contribution is 2.36. The Labute approximate surface area is 103 Å². The van der Waals surface area contributed by atoms with Crippen molar-refractivity contribution in [3.8, 4) is 0 Å². The van der Waals surface area contributed by atoms with Gasteiger partial charge in [-0.1, -0.05) is 0 Å². The second-order valence-corrected chi connectivity index (χ2v) is 4.19. The van der Waals surface area contributed by atoms with Crippen LogP contribution in [0.5, 0.6) is 0 Å². The zero-order valence-corrected chi connectivity index (χ0v) is 10.2. The van der Waals surface area contributed by atoms with E-state index in [9.17, 15) is 18.0 Å². The SMILES string of the molecule is CN(CC(=O)O)c1ncc(Br)cc1C(F)(F)F. The fourth-order valence-corrected chi connectivity index (χ4v) is 1.55. The maximum atomic E-state index is 12.7. The van der Waals surface area contributed by atoms with Gasteiger partial charge in [-0.2, -0.15) is 13.2 Å². The molecule has 0 fully saturated rings. The van der Waals surface area contributed by atoms with Crippen LogP contribution in [0.25, 0.3) is 0 Å². The molecule has 4 nitrogen and oxygen atoms in total. The van der Waals surface area contributed by atoms with Gasteiger partial charge in [-0.3, -0.25) is 4.79 Å². The molecule has 1 aromatic rings. The summed E-state index contributed by atoms with van der Waals surface area (Å²) < 4.78 is 38.3. The molecule has 0 amide bonds. The van der Waals surface area contributed by atoms with Gasteiger partial charge < -0.3 is 10.0 Å². The number of carboxylic acid groups (broad SMARTS) is 1. The maximum Gasteiger partial charge on any atom is 0.419 e. The van der Waals surface area contributed by atoms with E-state index in [1.165, 1.54) is 13.2 Å². The molecule has 1 N–H and O–H groups in total. The van der Waals surface area contributed by atoms with Crippen LogP contribution in [-0.2, 0) is 11.0 Å². The van der Waals surface area contributed by atoms with E-state index in [1.54, 1.807) is 0 Å². The third-order valence-corrected chi connectivity index (χ3v) is 2.31. The Balaban J connectivity index is 3.19. The number of likely N-dealkylation sites (N-methyl/N-ethyl adjacent to an activating group) is 1. The molecule has 0 aliphatic heterocycles. The summed E-state index contributed by atoms with van der Waals surface area (Å²) in [4.78, 5) is 15.0. The van der Waals surface area contributed by atoms with Gasteiger partial charge in [0.15, 0.2) is 0 Å². The summed E-state index contributed by atoms with van der Waals surface area (Å²) >= 11 is 2.89. The van der Waals surface area contributed by atoms with E-state index in [0.29, 0.717) is 0 Å². The Hall–Kier alpha value is -1.31. The third-order valence-electron chi connectivity index (χ3n) is 1.87. The summed E-state index contributed by atoms with van der Waals surface area (Å²) in [5.74, 6) is -1.64. The Morgan fingerprint density at radius 2 is 2.18 bits per heavy atom. The third kappa shape index (κ3) is 3.58. The van der Waals surface area contributed by atoms with Gasteiger partial charge in [0.1, 0.15) is 12.4 Å². The second kappa shape index (κ2) is 4.91. The van der Waals surface area contributed by atoms with E-state index in [0.717, 1.165) is 11.0 Å². The number of hydrogen-bond acceptors (Lipinski definition) is 3. The number of carbonyl (C=O) groups is 1. The molecular weight excluding hydrogens is 305 g/mol. The van der Waals surface area contributed by atoms with Gasteiger partial charge in [0, 0.05) is 17.7 Å². The van der Waals surface area contributed by atoms with Crippen LogP contribution in [0.2, 0.25) is 0 Å². The molecule has 1 heterocycles. The molecule has 1 aromatic heterocycles. The zero-order chi connectivity index (χ0) is 13.2. The number of aromatic nitrogens is 1. The molecule has 0 saturated heterocycles. The van der Waals surface area contributed by atoms with Crippen molar-refractivity contribution in [1.29, 1.82) is 0 Å². The summed E-state index contributed by atoms with van der Waals surface area (Å²) in [6, 6.07) is 0.862. The van der Waals surface area contributed by atoms with Crippen molar-refractivity contribution in [2.24, 2.45) is 0 Å². The Kier molecular flexibility index (Phi) is 3.97. The van der Waals surface area contributed by atoms with Crippen LogP contribution in [0.15, 0.2) is 16.7 Å². The van der Waals surface area contributed by atoms with Crippen molar-refractivity contribution >= 4 is 27.7 Å². The Bertz CT molecular complexity index is 437. The minimum absolute atomic E-state index is 0.178. The van der Waals surface area contributed by atoms with Crippen LogP contribution >= 0.6 is 15.9 Å². The van der Waals surface area contributed by atoms with Gasteiger partial charge in [0.25, 0.3) is 0 Å². The number of aliphatic carboxylic acids is 1. The van der Waals surface area contributed by atoms with Crippen molar-refractivity contribution in [3.63, 3.8) is 0 Å². The topological polar surface area (TPSA) is 53.4 Å². The highest BCUT2D eigenvalue weighted by atomic mass is 79.9. The lowest BCUT2D eigenvalue weighted by molar-refractivity contribution is -0.138. The summed E-state index contributed by atoms with van der Waals surface area (Å²) in [5, 5.41) is 8.53. The lowest BCUT2D eigenvalue weighted by Crippen LogP contribution is -2.28. The fraction of sp³-hybridized carbons (Fsp3) is 0.333. The smallest absolute Gasteiger partial charge is 0.419 e. The molecule has 0 unspecified atom stereocenters. The largest absolute Gasteiger partial charge is 0.480 e. The lowest BCUT2D eigenvalue weighted by atomic mass is 10.2. The van der Waals surface area contributed by atoms with Crippen molar-refractivity contribution < 1.29 is 23.1 Å². The molecule has 1 rings (SSSR count). The van der Waals surface area contributed by atoms with Gasteiger partial charge in [-0.15, -0.1) is 0 Å². The molecule has 0 radical (unpaired) electrons. The summed E-state index contributed by atoms with van der Waals surface area (Å²) in [6.07, 6.45) is -3.40. The zero-order valence-electron chi connectivity index (χ0n) is 8.62. The molecular formula is C9H8BrF3N2O2. The number of pyridine rings is 1. The minimum atomic E-state index is -4.58. The molecule has 8 heteroatoms. The number of anilines is 1. The first-order valence-corrected chi connectivity index (χ1v) is 5.17. The van der Waals surface area contributed by atoms with Crippen LogP contribution in [0.3, 0.4) is 0 Å². The highest BCUT2D eigenvalue weighted by molar-refractivity contribution is 9.10. The molecule has 0 bridgehead atoms. The van der Waals surface area contributed by atoms with Gasteiger partial charge in [-0.25, -0.2) is 4.98 Å². The van der Waals surface area contributed by atoms with Crippen LogP contribution in [-0.4, -0.2) is 29.7 Å². The Morgan fingerprint density at radius 1 is 1.59 bits per heavy atom. The molecule has 0 aliphatic rings. The van der Waals surface area contributed by atoms with Gasteiger partial charge >= 0.3 is 12.1 Å². The maximum absolute atomic E-state index is 12.7. The molecule has 0 atom stereocenters. The van der Waals surface area contributed by atoms with Gasteiger partial charge in [-0.05, 0) is 22.0 Å². The van der Waals surface area contributed by atoms with E-state index >= 15 is 0 Å². The number of carboxylic acids is 1. The molecule has 94 valence electrons. The van der Waals surface area contributed by atoms with E-state index in [4.69, 9.17) is 5.11 Å². The van der Waals surface area contributed by atoms with Gasteiger partial charge in [0.2, 0.25) is 0 Å². The van der Waals surface area contributed by atoms with Crippen molar-refractivity contribution in [2.75, 3.05) is 18.5 Å². The molecule has 0 aliphatic carbocycles. The van der Waals surface area contributed by atoms with Crippen LogP contribution in [0.4, 0.5) is 19.0 Å².